The highest BCUT2D eigenvalue weighted by molar-refractivity contribution is 5.47. The van der Waals surface area contributed by atoms with Crippen molar-refractivity contribution in [3.8, 4) is 11.6 Å². The third kappa shape index (κ3) is 2.71. The molecule has 0 spiro atoms. The van der Waals surface area contributed by atoms with Crippen LogP contribution in [-0.2, 0) is 13.1 Å². The largest absolute Gasteiger partial charge is 0.458 e. The van der Waals surface area contributed by atoms with Gasteiger partial charge in [-0.05, 0) is 51.8 Å². The second-order valence-corrected chi connectivity index (χ2v) is 6.87. The molecule has 0 atom stereocenters. The smallest absolute Gasteiger partial charge is 0.176 e. The molecular weight excluding hydrogens is 288 g/mol. The zero-order valence-corrected chi connectivity index (χ0v) is 13.9. The Hall–Kier alpha value is -2.30. The van der Waals surface area contributed by atoms with Crippen LogP contribution in [0.4, 0.5) is 0 Å². The summed E-state index contributed by atoms with van der Waals surface area (Å²) < 4.78 is 10.1. The van der Waals surface area contributed by atoms with E-state index >= 15 is 0 Å². The lowest BCUT2D eigenvalue weighted by atomic mass is 10.1. The quantitative estimate of drug-likeness (QED) is 0.721. The van der Waals surface area contributed by atoms with Gasteiger partial charge in [0.15, 0.2) is 11.6 Å². The molecule has 3 aromatic heterocycles. The minimum Gasteiger partial charge on any atom is -0.458 e. The van der Waals surface area contributed by atoms with E-state index in [1.807, 2.05) is 25.3 Å². The minimum atomic E-state index is 0.292. The van der Waals surface area contributed by atoms with Gasteiger partial charge in [-0.3, -0.25) is 4.68 Å². The fourth-order valence-corrected chi connectivity index (χ4v) is 3.27. The van der Waals surface area contributed by atoms with Crippen LogP contribution in [0, 0.1) is 26.2 Å². The lowest BCUT2D eigenvalue weighted by molar-refractivity contribution is 0.341. The lowest BCUT2D eigenvalue weighted by Crippen LogP contribution is -2.20. The van der Waals surface area contributed by atoms with Crippen LogP contribution >= 0.6 is 0 Å². The molecule has 5 heteroatoms. The summed E-state index contributed by atoms with van der Waals surface area (Å²) in [6.07, 6.45) is 6.38. The second-order valence-electron chi connectivity index (χ2n) is 6.87. The van der Waals surface area contributed by atoms with E-state index in [2.05, 4.69) is 45.4 Å². The molecule has 23 heavy (non-hydrogen) atoms. The minimum absolute atomic E-state index is 0.292. The predicted molar refractivity (Wildman–Crippen MR) is 88.0 cm³/mol. The van der Waals surface area contributed by atoms with Crippen molar-refractivity contribution in [1.29, 1.82) is 0 Å². The molecule has 120 valence electrons. The van der Waals surface area contributed by atoms with Crippen molar-refractivity contribution in [1.82, 2.24) is 19.3 Å². The molecule has 3 heterocycles. The number of hydrogen-bond acceptors (Lipinski definition) is 3. The van der Waals surface area contributed by atoms with Gasteiger partial charge in [0.05, 0.1) is 5.69 Å². The normalized spacial score (nSPS) is 16.0. The highest BCUT2D eigenvalue weighted by Crippen LogP contribution is 2.49. The Kier molecular flexibility index (Phi) is 3.18. The first-order valence-electron chi connectivity index (χ1n) is 8.14. The van der Waals surface area contributed by atoms with Gasteiger partial charge in [0.1, 0.15) is 5.76 Å². The van der Waals surface area contributed by atoms with Gasteiger partial charge in [-0.1, -0.05) is 0 Å². The van der Waals surface area contributed by atoms with Crippen molar-refractivity contribution in [3.05, 3.63) is 47.7 Å². The van der Waals surface area contributed by atoms with Gasteiger partial charge < -0.3 is 8.98 Å². The Bertz CT molecular complexity index is 835. The monoisotopic (exact) mass is 310 g/mol. The van der Waals surface area contributed by atoms with E-state index in [1.165, 1.54) is 18.5 Å². The predicted octanol–water partition coefficient (Wildman–Crippen LogP) is 3.75. The third-order valence-corrected chi connectivity index (χ3v) is 4.73. The summed E-state index contributed by atoms with van der Waals surface area (Å²) in [7, 11) is 0. The molecule has 0 N–H and O–H groups in total. The first-order chi connectivity index (χ1) is 11.0. The summed E-state index contributed by atoms with van der Waals surface area (Å²) in [5, 5.41) is 4.62. The van der Waals surface area contributed by atoms with Gasteiger partial charge in [-0.25, -0.2) is 4.98 Å². The molecule has 0 saturated heterocycles. The summed E-state index contributed by atoms with van der Waals surface area (Å²) in [6.45, 7) is 8.07. The molecule has 4 rings (SSSR count). The lowest BCUT2D eigenvalue weighted by Gasteiger charge is -2.18. The van der Waals surface area contributed by atoms with Crippen molar-refractivity contribution >= 4 is 0 Å². The molecule has 5 nitrogen and oxygen atoms in total. The van der Waals surface area contributed by atoms with Crippen LogP contribution in [0.25, 0.3) is 11.6 Å². The summed E-state index contributed by atoms with van der Waals surface area (Å²) in [6, 6.07) is 6.12. The first kappa shape index (κ1) is 14.3. The van der Waals surface area contributed by atoms with Gasteiger partial charge in [0.2, 0.25) is 0 Å². The average Bonchev–Trinajstić information content (AvgIpc) is 2.83. The standard InChI is InChI=1S/C18H22N4O/c1-13-10-14(2)22(20-13)12-18(6-7-18)11-21-9-8-19-17(21)16-5-4-15(3)23-16/h4-5,8-10H,6-7,11-12H2,1-3H3. The number of imidazole rings is 1. The molecule has 3 aromatic rings. The summed E-state index contributed by atoms with van der Waals surface area (Å²) in [4.78, 5) is 4.49. The van der Waals surface area contributed by atoms with E-state index in [4.69, 9.17) is 4.42 Å². The van der Waals surface area contributed by atoms with Crippen LogP contribution in [0.1, 0.15) is 30.0 Å². The molecule has 0 bridgehead atoms. The maximum absolute atomic E-state index is 5.74. The average molecular weight is 310 g/mol. The Morgan fingerprint density at radius 1 is 1.17 bits per heavy atom. The molecule has 0 aliphatic heterocycles. The zero-order chi connectivity index (χ0) is 16.0. The van der Waals surface area contributed by atoms with Crippen molar-refractivity contribution in [2.75, 3.05) is 0 Å². The van der Waals surface area contributed by atoms with E-state index in [0.29, 0.717) is 5.41 Å². The fraction of sp³-hybridized carbons (Fsp3) is 0.444. The third-order valence-electron chi connectivity index (χ3n) is 4.73. The van der Waals surface area contributed by atoms with Crippen molar-refractivity contribution in [2.24, 2.45) is 5.41 Å². The maximum Gasteiger partial charge on any atom is 0.176 e. The second kappa shape index (κ2) is 5.11. The van der Waals surface area contributed by atoms with Crippen molar-refractivity contribution in [3.63, 3.8) is 0 Å². The fourth-order valence-electron chi connectivity index (χ4n) is 3.27. The van der Waals surface area contributed by atoms with E-state index in [1.54, 1.807) is 0 Å². The Balaban J connectivity index is 1.57. The number of nitrogens with zero attached hydrogens (tertiary/aromatic N) is 4. The van der Waals surface area contributed by atoms with Gasteiger partial charge in [0, 0.05) is 36.6 Å². The summed E-state index contributed by atoms with van der Waals surface area (Å²) >= 11 is 0. The van der Waals surface area contributed by atoms with Crippen molar-refractivity contribution in [2.45, 2.75) is 46.7 Å². The van der Waals surface area contributed by atoms with Crippen LogP contribution in [0.2, 0.25) is 0 Å². The van der Waals surface area contributed by atoms with E-state index in [9.17, 15) is 0 Å². The Labute approximate surface area is 135 Å². The van der Waals surface area contributed by atoms with Crippen LogP contribution in [0.5, 0.6) is 0 Å². The molecule has 0 radical (unpaired) electrons. The van der Waals surface area contributed by atoms with E-state index < -0.39 is 0 Å². The van der Waals surface area contributed by atoms with Crippen molar-refractivity contribution < 1.29 is 4.42 Å². The van der Waals surface area contributed by atoms with E-state index in [0.717, 1.165) is 36.1 Å². The van der Waals surface area contributed by atoms with Gasteiger partial charge in [-0.15, -0.1) is 0 Å². The maximum atomic E-state index is 5.74. The highest BCUT2D eigenvalue weighted by atomic mass is 16.3. The Morgan fingerprint density at radius 3 is 2.61 bits per heavy atom. The SMILES string of the molecule is Cc1cc(C)n(CC2(Cn3ccnc3-c3ccc(C)o3)CC2)n1. The summed E-state index contributed by atoms with van der Waals surface area (Å²) in [5.74, 6) is 2.67. The number of hydrogen-bond donors (Lipinski definition) is 0. The molecule has 1 fully saturated rings. The number of aromatic nitrogens is 4. The molecule has 0 amide bonds. The van der Waals surface area contributed by atoms with Gasteiger partial charge >= 0.3 is 0 Å². The van der Waals surface area contributed by atoms with Crippen LogP contribution in [0.3, 0.4) is 0 Å². The summed E-state index contributed by atoms with van der Waals surface area (Å²) in [5.41, 5.74) is 2.62. The highest BCUT2D eigenvalue weighted by Gasteiger charge is 2.44. The molecule has 0 unspecified atom stereocenters. The van der Waals surface area contributed by atoms with Crippen LogP contribution in [-0.4, -0.2) is 19.3 Å². The molecular formula is C18H22N4O. The first-order valence-corrected chi connectivity index (χ1v) is 8.14. The molecule has 0 aromatic carbocycles. The zero-order valence-electron chi connectivity index (χ0n) is 13.9. The molecule has 1 aliphatic rings. The number of aryl methyl sites for hydroxylation is 3. The molecule has 1 aliphatic carbocycles. The topological polar surface area (TPSA) is 48.8 Å². The number of rotatable bonds is 5. The van der Waals surface area contributed by atoms with Gasteiger partial charge in [-0.2, -0.15) is 5.10 Å². The number of furan rings is 1. The van der Waals surface area contributed by atoms with E-state index in [-0.39, 0.29) is 0 Å². The Morgan fingerprint density at radius 2 is 2.00 bits per heavy atom. The van der Waals surface area contributed by atoms with Crippen LogP contribution < -0.4 is 0 Å². The molecule has 1 saturated carbocycles. The van der Waals surface area contributed by atoms with Crippen LogP contribution in [0.15, 0.2) is 35.0 Å². The van der Waals surface area contributed by atoms with Gasteiger partial charge in [0.25, 0.3) is 0 Å².